The number of anilines is 1. The van der Waals surface area contributed by atoms with Gasteiger partial charge in [0.1, 0.15) is 6.07 Å². The Morgan fingerprint density at radius 2 is 2.10 bits per heavy atom. The standard InChI is InChI=1S/C19H17N7O2.ClH/c20-7-16-9-22-11-18(24-16)26-12-14(8-23-26)19(27)25-15-3-1-13(2-4-15)17-10-21-5-6-28-17;/h1-4,8-9,11-12,17,21H,5-6,10H2,(H,25,27);1H/t17-;/m1./s1. The van der Waals surface area contributed by atoms with Crippen LogP contribution in [-0.2, 0) is 4.74 Å². The second kappa shape index (κ2) is 9.25. The fourth-order valence-corrected chi connectivity index (χ4v) is 2.85. The van der Waals surface area contributed by atoms with Crippen molar-refractivity contribution in [3.63, 3.8) is 0 Å². The van der Waals surface area contributed by atoms with Crippen molar-refractivity contribution in [2.75, 3.05) is 25.0 Å². The predicted octanol–water partition coefficient (Wildman–Crippen LogP) is 1.87. The molecular formula is C19H18ClN7O2. The second-order valence-corrected chi connectivity index (χ2v) is 6.19. The van der Waals surface area contributed by atoms with Gasteiger partial charge in [0, 0.05) is 25.0 Å². The van der Waals surface area contributed by atoms with Gasteiger partial charge < -0.3 is 15.4 Å². The van der Waals surface area contributed by atoms with Crippen LogP contribution in [0.4, 0.5) is 5.69 Å². The Bertz CT molecular complexity index is 1020. The maximum atomic E-state index is 12.5. The van der Waals surface area contributed by atoms with Gasteiger partial charge in [-0.3, -0.25) is 9.78 Å². The van der Waals surface area contributed by atoms with Crippen LogP contribution in [0.15, 0.2) is 49.1 Å². The van der Waals surface area contributed by atoms with E-state index in [2.05, 4.69) is 25.7 Å². The molecule has 2 aromatic heterocycles. The van der Waals surface area contributed by atoms with Crippen LogP contribution < -0.4 is 10.6 Å². The van der Waals surface area contributed by atoms with Gasteiger partial charge in [-0.2, -0.15) is 10.4 Å². The van der Waals surface area contributed by atoms with Gasteiger partial charge in [-0.05, 0) is 17.7 Å². The molecule has 0 saturated carbocycles. The highest BCUT2D eigenvalue weighted by atomic mass is 35.5. The number of aromatic nitrogens is 4. The lowest BCUT2D eigenvalue weighted by Crippen LogP contribution is -2.33. The summed E-state index contributed by atoms with van der Waals surface area (Å²) in [5.41, 5.74) is 2.29. The molecule has 1 fully saturated rings. The number of halogens is 1. The third-order valence-corrected chi connectivity index (χ3v) is 4.28. The first kappa shape index (κ1) is 20.4. The molecule has 0 spiro atoms. The number of carbonyl (C=O) groups is 1. The van der Waals surface area contributed by atoms with Crippen molar-refractivity contribution < 1.29 is 9.53 Å². The molecule has 3 heterocycles. The summed E-state index contributed by atoms with van der Waals surface area (Å²) < 4.78 is 7.13. The van der Waals surface area contributed by atoms with Gasteiger partial charge in [-0.25, -0.2) is 9.67 Å². The summed E-state index contributed by atoms with van der Waals surface area (Å²) in [6.45, 7) is 2.33. The van der Waals surface area contributed by atoms with E-state index in [0.29, 0.717) is 23.7 Å². The molecule has 0 bridgehead atoms. The summed E-state index contributed by atoms with van der Waals surface area (Å²) in [5, 5.41) is 19.2. The Kier molecular flexibility index (Phi) is 6.51. The molecular weight excluding hydrogens is 394 g/mol. The minimum absolute atomic E-state index is 0. The smallest absolute Gasteiger partial charge is 0.258 e. The number of hydrogen-bond acceptors (Lipinski definition) is 7. The third-order valence-electron chi connectivity index (χ3n) is 4.28. The monoisotopic (exact) mass is 411 g/mol. The van der Waals surface area contributed by atoms with Crippen LogP contribution >= 0.6 is 12.4 Å². The summed E-state index contributed by atoms with van der Waals surface area (Å²) in [6, 6.07) is 9.50. The number of benzene rings is 1. The Morgan fingerprint density at radius 3 is 2.83 bits per heavy atom. The number of carbonyl (C=O) groups excluding carboxylic acids is 1. The Labute approximate surface area is 173 Å². The number of hydrogen-bond donors (Lipinski definition) is 2. The molecule has 10 heteroatoms. The lowest BCUT2D eigenvalue weighted by Gasteiger charge is -2.24. The van der Waals surface area contributed by atoms with Crippen molar-refractivity contribution in [3.8, 4) is 11.9 Å². The predicted molar refractivity (Wildman–Crippen MR) is 107 cm³/mol. The first-order chi connectivity index (χ1) is 13.7. The molecule has 148 valence electrons. The molecule has 1 aliphatic rings. The summed E-state index contributed by atoms with van der Waals surface area (Å²) in [4.78, 5) is 20.5. The van der Waals surface area contributed by atoms with E-state index in [1.54, 1.807) is 0 Å². The van der Waals surface area contributed by atoms with Gasteiger partial charge in [0.15, 0.2) is 11.5 Å². The van der Waals surface area contributed by atoms with Gasteiger partial charge >= 0.3 is 0 Å². The number of amides is 1. The zero-order chi connectivity index (χ0) is 19.3. The molecule has 0 unspecified atom stereocenters. The topological polar surface area (TPSA) is 118 Å². The average Bonchev–Trinajstić information content (AvgIpc) is 3.25. The first-order valence-electron chi connectivity index (χ1n) is 8.74. The molecule has 1 amide bonds. The van der Waals surface area contributed by atoms with E-state index in [1.807, 2.05) is 30.3 Å². The number of nitriles is 1. The highest BCUT2D eigenvalue weighted by Gasteiger charge is 2.16. The molecule has 1 atom stereocenters. The van der Waals surface area contributed by atoms with E-state index in [4.69, 9.17) is 10.00 Å². The maximum absolute atomic E-state index is 12.5. The van der Waals surface area contributed by atoms with Crippen molar-refractivity contribution in [2.24, 2.45) is 0 Å². The largest absolute Gasteiger partial charge is 0.371 e. The van der Waals surface area contributed by atoms with Crippen LogP contribution in [0.3, 0.4) is 0 Å². The van der Waals surface area contributed by atoms with E-state index in [1.165, 1.54) is 29.5 Å². The fourth-order valence-electron chi connectivity index (χ4n) is 2.85. The molecule has 29 heavy (non-hydrogen) atoms. The molecule has 3 aromatic rings. The third kappa shape index (κ3) is 4.75. The van der Waals surface area contributed by atoms with Crippen molar-refractivity contribution in [2.45, 2.75) is 6.10 Å². The van der Waals surface area contributed by atoms with Crippen LogP contribution in [0.5, 0.6) is 0 Å². The minimum atomic E-state index is -0.293. The van der Waals surface area contributed by atoms with Gasteiger partial charge in [0.25, 0.3) is 5.91 Å². The summed E-state index contributed by atoms with van der Waals surface area (Å²) in [7, 11) is 0. The fraction of sp³-hybridized carbons (Fsp3) is 0.211. The number of rotatable bonds is 4. The normalized spacial score (nSPS) is 15.8. The molecule has 1 aliphatic heterocycles. The Balaban J connectivity index is 0.00000240. The van der Waals surface area contributed by atoms with Gasteiger partial charge in [-0.15, -0.1) is 12.4 Å². The number of ether oxygens (including phenoxy) is 1. The van der Waals surface area contributed by atoms with E-state index in [0.717, 1.165) is 18.7 Å². The number of nitrogens with one attached hydrogen (secondary N) is 2. The molecule has 4 rings (SSSR count). The average molecular weight is 412 g/mol. The molecule has 2 N–H and O–H groups in total. The Hall–Kier alpha value is -3.32. The highest BCUT2D eigenvalue weighted by molar-refractivity contribution is 6.03. The maximum Gasteiger partial charge on any atom is 0.258 e. The zero-order valence-electron chi connectivity index (χ0n) is 15.3. The molecule has 9 nitrogen and oxygen atoms in total. The van der Waals surface area contributed by atoms with Crippen LogP contribution in [0.2, 0.25) is 0 Å². The van der Waals surface area contributed by atoms with Crippen molar-refractivity contribution in [3.05, 3.63) is 65.9 Å². The highest BCUT2D eigenvalue weighted by Crippen LogP contribution is 2.21. The van der Waals surface area contributed by atoms with Crippen LogP contribution in [-0.4, -0.2) is 45.4 Å². The lowest BCUT2D eigenvalue weighted by atomic mass is 10.1. The Morgan fingerprint density at radius 1 is 1.28 bits per heavy atom. The van der Waals surface area contributed by atoms with Crippen LogP contribution in [0, 0.1) is 11.3 Å². The van der Waals surface area contributed by atoms with Crippen LogP contribution in [0.1, 0.15) is 27.7 Å². The van der Waals surface area contributed by atoms with E-state index in [-0.39, 0.29) is 30.1 Å². The van der Waals surface area contributed by atoms with Gasteiger partial charge in [0.05, 0.1) is 36.9 Å². The molecule has 1 saturated heterocycles. The van der Waals surface area contributed by atoms with Gasteiger partial charge in [-0.1, -0.05) is 12.1 Å². The summed E-state index contributed by atoms with van der Waals surface area (Å²) in [5.74, 6) is 0.0718. The van der Waals surface area contributed by atoms with E-state index < -0.39 is 0 Å². The van der Waals surface area contributed by atoms with Crippen molar-refractivity contribution in [1.29, 1.82) is 5.26 Å². The van der Waals surface area contributed by atoms with Gasteiger partial charge in [0.2, 0.25) is 0 Å². The quantitative estimate of drug-likeness (QED) is 0.672. The second-order valence-electron chi connectivity index (χ2n) is 6.19. The lowest BCUT2D eigenvalue weighted by molar-refractivity contribution is 0.0277. The minimum Gasteiger partial charge on any atom is -0.371 e. The van der Waals surface area contributed by atoms with E-state index >= 15 is 0 Å². The van der Waals surface area contributed by atoms with Crippen LogP contribution in [0.25, 0.3) is 5.82 Å². The van der Waals surface area contributed by atoms with Crippen molar-refractivity contribution >= 4 is 24.0 Å². The molecule has 1 aromatic carbocycles. The summed E-state index contributed by atoms with van der Waals surface area (Å²) >= 11 is 0. The van der Waals surface area contributed by atoms with Crippen molar-refractivity contribution in [1.82, 2.24) is 25.1 Å². The first-order valence-corrected chi connectivity index (χ1v) is 8.74. The molecule has 0 aliphatic carbocycles. The zero-order valence-corrected chi connectivity index (χ0v) is 16.1. The SMILES string of the molecule is Cl.N#Cc1cncc(-n2cc(C(=O)Nc3ccc([C@H]4CNCCO4)cc3)cn2)n1. The molecule has 0 radical (unpaired) electrons. The summed E-state index contributed by atoms with van der Waals surface area (Å²) in [6.07, 6.45) is 5.83. The number of morpholine rings is 1. The van der Waals surface area contributed by atoms with E-state index in [9.17, 15) is 4.79 Å². The number of nitrogens with zero attached hydrogens (tertiary/aromatic N) is 5.